The molecule has 5 rings (SSSR count). The average molecular weight is 467 g/mol. The van der Waals surface area contributed by atoms with Gasteiger partial charge < -0.3 is 9.64 Å². The molecule has 1 aliphatic heterocycles. The number of aromatic nitrogens is 4. The molecule has 0 radical (unpaired) electrons. The number of fused-ring (bicyclic) bond motifs is 1. The van der Waals surface area contributed by atoms with Crippen molar-refractivity contribution in [2.24, 2.45) is 4.36 Å². The van der Waals surface area contributed by atoms with Gasteiger partial charge >= 0.3 is 0 Å². The van der Waals surface area contributed by atoms with Crippen LogP contribution in [-0.4, -0.2) is 56.4 Å². The maximum Gasteiger partial charge on any atom is 0.131 e. The summed E-state index contributed by atoms with van der Waals surface area (Å²) in [5, 5.41) is 7.70. The fourth-order valence-electron chi connectivity index (χ4n) is 3.92. The van der Waals surface area contributed by atoms with Crippen molar-refractivity contribution in [2.45, 2.75) is 17.9 Å². The lowest BCUT2D eigenvalue weighted by Crippen LogP contribution is -2.44. The molecule has 1 saturated heterocycles. The number of rotatable bonds is 4. The molecule has 0 amide bonds. The minimum atomic E-state index is -2.85. The van der Waals surface area contributed by atoms with Crippen LogP contribution in [0.15, 0.2) is 64.1 Å². The van der Waals surface area contributed by atoms with Gasteiger partial charge in [-0.3, -0.25) is 10.1 Å². The Morgan fingerprint density at radius 1 is 1.21 bits per heavy atom. The first kappa shape index (κ1) is 21.5. The maximum absolute atomic E-state index is 13.6. The Hall–Kier alpha value is -3.37. The molecule has 0 spiro atoms. The van der Waals surface area contributed by atoms with E-state index in [1.165, 1.54) is 24.3 Å². The minimum Gasteiger partial charge on any atom is -0.377 e. The first-order valence-electron chi connectivity index (χ1n) is 10.5. The van der Waals surface area contributed by atoms with Crippen LogP contribution < -0.4 is 4.90 Å². The van der Waals surface area contributed by atoms with E-state index in [1.807, 2.05) is 18.2 Å². The molecule has 33 heavy (non-hydrogen) atoms. The SMILES string of the molecule is C[C@@H]1COCCN1c1cc(N=S(C)(=O)c2ccc(F)cc2)c2ccnc(-c3ccn[nH]3)c2n1. The quantitative estimate of drug-likeness (QED) is 0.485. The van der Waals surface area contributed by atoms with Crippen LogP contribution in [0.4, 0.5) is 15.9 Å². The molecular weight excluding hydrogens is 443 g/mol. The molecule has 1 unspecified atom stereocenters. The van der Waals surface area contributed by atoms with Crippen LogP contribution in [0.1, 0.15) is 6.92 Å². The number of ether oxygens (including phenoxy) is 1. The molecule has 2 atom stereocenters. The van der Waals surface area contributed by atoms with E-state index in [9.17, 15) is 8.60 Å². The topological polar surface area (TPSA) is 96.4 Å². The summed E-state index contributed by atoms with van der Waals surface area (Å²) in [5.74, 6) is 0.322. The third kappa shape index (κ3) is 4.19. The van der Waals surface area contributed by atoms with Gasteiger partial charge in [-0.1, -0.05) is 0 Å². The van der Waals surface area contributed by atoms with E-state index in [-0.39, 0.29) is 11.9 Å². The lowest BCUT2D eigenvalue weighted by Gasteiger charge is -2.34. The van der Waals surface area contributed by atoms with Crippen molar-refractivity contribution in [3.05, 3.63) is 60.7 Å². The molecule has 0 aliphatic carbocycles. The Morgan fingerprint density at radius 2 is 2.03 bits per heavy atom. The van der Waals surface area contributed by atoms with Gasteiger partial charge in [0.05, 0.1) is 40.4 Å². The summed E-state index contributed by atoms with van der Waals surface area (Å²) in [6.45, 7) is 3.93. The second kappa shape index (κ2) is 8.53. The third-order valence-electron chi connectivity index (χ3n) is 5.63. The molecule has 1 fully saturated rings. The highest BCUT2D eigenvalue weighted by Crippen LogP contribution is 2.35. The van der Waals surface area contributed by atoms with Gasteiger partial charge in [0.1, 0.15) is 22.8 Å². The molecule has 4 aromatic rings. The molecule has 0 saturated carbocycles. The van der Waals surface area contributed by atoms with Crippen molar-refractivity contribution in [1.29, 1.82) is 0 Å². The van der Waals surface area contributed by atoms with E-state index in [2.05, 4.69) is 31.4 Å². The van der Waals surface area contributed by atoms with Gasteiger partial charge in [-0.15, -0.1) is 0 Å². The number of hydrogen-bond donors (Lipinski definition) is 1. The molecule has 8 nitrogen and oxygen atoms in total. The van der Waals surface area contributed by atoms with E-state index in [4.69, 9.17) is 9.72 Å². The third-order valence-corrected chi connectivity index (χ3v) is 7.33. The minimum absolute atomic E-state index is 0.118. The highest BCUT2D eigenvalue weighted by molar-refractivity contribution is 7.93. The first-order chi connectivity index (χ1) is 15.9. The summed E-state index contributed by atoms with van der Waals surface area (Å²) in [6.07, 6.45) is 4.88. The number of H-pyrrole nitrogens is 1. The Bertz CT molecular complexity index is 1420. The Morgan fingerprint density at radius 3 is 2.76 bits per heavy atom. The normalized spacial score (nSPS) is 18.3. The number of nitrogens with zero attached hydrogens (tertiary/aromatic N) is 5. The lowest BCUT2D eigenvalue weighted by molar-refractivity contribution is 0.0986. The molecule has 1 aromatic carbocycles. The molecular formula is C23H23FN6O2S. The predicted molar refractivity (Wildman–Crippen MR) is 126 cm³/mol. The van der Waals surface area contributed by atoms with Gasteiger partial charge in [-0.05, 0) is 43.3 Å². The van der Waals surface area contributed by atoms with E-state index in [0.717, 1.165) is 11.1 Å². The van der Waals surface area contributed by atoms with E-state index in [1.54, 1.807) is 18.6 Å². The summed E-state index contributed by atoms with van der Waals surface area (Å²) >= 11 is 0. The zero-order chi connectivity index (χ0) is 23.0. The van der Waals surface area contributed by atoms with Crippen LogP contribution in [0.25, 0.3) is 22.3 Å². The fraction of sp³-hybridized carbons (Fsp3) is 0.261. The molecule has 3 aromatic heterocycles. The Labute approximate surface area is 191 Å². The second-order valence-corrected chi connectivity index (χ2v) is 10.2. The zero-order valence-corrected chi connectivity index (χ0v) is 19.1. The molecule has 1 aliphatic rings. The monoisotopic (exact) mass is 466 g/mol. The van der Waals surface area contributed by atoms with Crippen LogP contribution >= 0.6 is 0 Å². The van der Waals surface area contributed by atoms with Crippen LogP contribution in [0.5, 0.6) is 0 Å². The fourth-order valence-corrected chi connectivity index (χ4v) is 5.20. The number of halogens is 1. The smallest absolute Gasteiger partial charge is 0.131 e. The van der Waals surface area contributed by atoms with Gasteiger partial charge in [0, 0.05) is 41.5 Å². The second-order valence-electron chi connectivity index (χ2n) is 7.99. The van der Waals surface area contributed by atoms with Gasteiger partial charge in [0.25, 0.3) is 0 Å². The van der Waals surface area contributed by atoms with E-state index >= 15 is 0 Å². The first-order valence-corrected chi connectivity index (χ1v) is 12.5. The van der Waals surface area contributed by atoms with Crippen molar-refractivity contribution in [1.82, 2.24) is 20.2 Å². The van der Waals surface area contributed by atoms with Crippen LogP contribution in [0.2, 0.25) is 0 Å². The number of anilines is 1. The van der Waals surface area contributed by atoms with Crippen molar-refractivity contribution in [3.63, 3.8) is 0 Å². The predicted octanol–water partition coefficient (Wildman–Crippen LogP) is 4.17. The number of benzene rings is 1. The Balaban J connectivity index is 1.76. The zero-order valence-electron chi connectivity index (χ0n) is 18.2. The van der Waals surface area contributed by atoms with Gasteiger partial charge in [0.2, 0.25) is 0 Å². The molecule has 4 heterocycles. The summed E-state index contributed by atoms with van der Waals surface area (Å²) in [6, 6.07) is 11.2. The summed E-state index contributed by atoms with van der Waals surface area (Å²) in [7, 11) is -2.85. The van der Waals surface area contributed by atoms with Gasteiger partial charge in [0.15, 0.2) is 0 Å². The van der Waals surface area contributed by atoms with Crippen LogP contribution in [0, 0.1) is 5.82 Å². The number of nitrogens with one attached hydrogen (secondary N) is 1. The van der Waals surface area contributed by atoms with Crippen molar-refractivity contribution in [2.75, 3.05) is 30.9 Å². The lowest BCUT2D eigenvalue weighted by atomic mass is 10.1. The largest absolute Gasteiger partial charge is 0.377 e. The van der Waals surface area contributed by atoms with Crippen molar-refractivity contribution < 1.29 is 13.3 Å². The standard InChI is InChI=1S/C23H23FN6O2S/c1-15-14-32-12-11-30(15)21-13-20(29-33(2,31)17-5-3-16(24)4-6-17)18-7-9-25-23(22(18)27-21)19-8-10-26-28-19/h3-10,13,15H,11-12,14H2,1-2H3,(H,26,28)/t15-,33?/m1/s1. The van der Waals surface area contributed by atoms with Gasteiger partial charge in [-0.2, -0.15) is 9.46 Å². The summed E-state index contributed by atoms with van der Waals surface area (Å²) < 4.78 is 37.3. The molecule has 10 heteroatoms. The highest BCUT2D eigenvalue weighted by atomic mass is 32.2. The number of hydrogen-bond acceptors (Lipinski definition) is 7. The van der Waals surface area contributed by atoms with Crippen molar-refractivity contribution in [3.8, 4) is 11.4 Å². The number of pyridine rings is 2. The van der Waals surface area contributed by atoms with E-state index < -0.39 is 9.73 Å². The molecule has 1 N–H and O–H groups in total. The molecule has 170 valence electrons. The average Bonchev–Trinajstić information content (AvgIpc) is 3.34. The summed E-state index contributed by atoms with van der Waals surface area (Å²) in [4.78, 5) is 12.1. The highest BCUT2D eigenvalue weighted by Gasteiger charge is 2.23. The molecule has 0 bridgehead atoms. The van der Waals surface area contributed by atoms with Gasteiger partial charge in [-0.25, -0.2) is 13.6 Å². The Kier molecular flexibility index (Phi) is 5.55. The maximum atomic E-state index is 13.6. The number of morpholine rings is 1. The summed E-state index contributed by atoms with van der Waals surface area (Å²) in [5.41, 5.74) is 2.52. The number of aromatic amines is 1. The van der Waals surface area contributed by atoms with Crippen LogP contribution in [0.3, 0.4) is 0 Å². The van der Waals surface area contributed by atoms with E-state index in [0.29, 0.717) is 47.4 Å². The van der Waals surface area contributed by atoms with Crippen molar-refractivity contribution >= 4 is 32.1 Å². The van der Waals surface area contributed by atoms with Crippen LogP contribution in [-0.2, 0) is 14.5 Å².